The summed E-state index contributed by atoms with van der Waals surface area (Å²) >= 11 is 0. The summed E-state index contributed by atoms with van der Waals surface area (Å²) in [5.41, 5.74) is 1.13. The first kappa shape index (κ1) is 17.5. The molecule has 4 amide bonds. The SMILES string of the molecule is Cc1ccc(OCCN2C(=O)C(=O)N([C@@H]3CCCC[C@H]3C)C2=O)cc1. The average molecular weight is 344 g/mol. The highest BCUT2D eigenvalue weighted by Gasteiger charge is 2.48. The Morgan fingerprint density at radius 3 is 2.40 bits per heavy atom. The molecule has 1 aromatic rings. The van der Waals surface area contributed by atoms with E-state index in [0.29, 0.717) is 5.75 Å². The van der Waals surface area contributed by atoms with E-state index < -0.39 is 17.8 Å². The highest BCUT2D eigenvalue weighted by Crippen LogP contribution is 2.31. The molecule has 134 valence electrons. The number of imide groups is 2. The van der Waals surface area contributed by atoms with Crippen molar-refractivity contribution >= 4 is 17.8 Å². The Bertz CT molecular complexity index is 671. The lowest BCUT2D eigenvalue weighted by atomic mass is 9.85. The molecule has 1 aliphatic carbocycles. The second kappa shape index (κ2) is 7.25. The van der Waals surface area contributed by atoms with Gasteiger partial charge in [0.2, 0.25) is 0 Å². The van der Waals surface area contributed by atoms with Crippen molar-refractivity contribution in [3.05, 3.63) is 29.8 Å². The number of carbonyl (C=O) groups is 3. The third kappa shape index (κ3) is 3.52. The van der Waals surface area contributed by atoms with Crippen molar-refractivity contribution in [2.45, 2.75) is 45.6 Å². The van der Waals surface area contributed by atoms with Crippen LogP contribution in [0.2, 0.25) is 0 Å². The molecule has 25 heavy (non-hydrogen) atoms. The molecule has 0 N–H and O–H groups in total. The van der Waals surface area contributed by atoms with Gasteiger partial charge in [-0.05, 0) is 37.8 Å². The largest absolute Gasteiger partial charge is 0.492 e. The van der Waals surface area contributed by atoms with Gasteiger partial charge < -0.3 is 4.74 Å². The zero-order valence-electron chi connectivity index (χ0n) is 14.7. The maximum Gasteiger partial charge on any atom is 0.334 e. The van der Waals surface area contributed by atoms with Crippen molar-refractivity contribution in [2.24, 2.45) is 5.92 Å². The fourth-order valence-electron chi connectivity index (χ4n) is 3.58. The number of urea groups is 1. The van der Waals surface area contributed by atoms with Crippen molar-refractivity contribution in [3.63, 3.8) is 0 Å². The summed E-state index contributed by atoms with van der Waals surface area (Å²) in [6, 6.07) is 6.87. The molecule has 6 nitrogen and oxygen atoms in total. The van der Waals surface area contributed by atoms with Gasteiger partial charge in [0.05, 0.1) is 6.54 Å². The summed E-state index contributed by atoms with van der Waals surface area (Å²) in [5, 5.41) is 0. The van der Waals surface area contributed by atoms with E-state index in [1.807, 2.05) is 38.1 Å². The van der Waals surface area contributed by atoms with Crippen molar-refractivity contribution < 1.29 is 19.1 Å². The van der Waals surface area contributed by atoms with Crippen LogP contribution in [-0.4, -0.2) is 46.8 Å². The fraction of sp³-hybridized carbons (Fsp3) is 0.526. The topological polar surface area (TPSA) is 66.9 Å². The minimum atomic E-state index is -0.740. The predicted octanol–water partition coefficient (Wildman–Crippen LogP) is 2.74. The zero-order valence-corrected chi connectivity index (χ0v) is 14.7. The number of hydrogen-bond acceptors (Lipinski definition) is 4. The molecule has 0 unspecified atom stereocenters. The summed E-state index contributed by atoms with van der Waals surface area (Å²) < 4.78 is 5.58. The standard InChI is InChI=1S/C19H24N2O4/c1-13-7-9-15(10-8-13)25-12-11-20-17(22)18(23)21(19(20)24)16-6-4-3-5-14(16)2/h7-10,14,16H,3-6,11-12H2,1-2H3/t14-,16-/m1/s1. The Hall–Kier alpha value is -2.37. The third-order valence-electron chi connectivity index (χ3n) is 5.09. The lowest BCUT2D eigenvalue weighted by molar-refractivity contribution is -0.144. The van der Waals surface area contributed by atoms with Crippen molar-refractivity contribution in [3.8, 4) is 5.75 Å². The van der Waals surface area contributed by atoms with Gasteiger partial charge in [-0.25, -0.2) is 4.79 Å². The second-order valence-electron chi connectivity index (χ2n) is 6.91. The Morgan fingerprint density at radius 1 is 1.04 bits per heavy atom. The molecule has 1 heterocycles. The number of amides is 4. The summed E-state index contributed by atoms with van der Waals surface area (Å²) in [7, 11) is 0. The molecular weight excluding hydrogens is 320 g/mol. The van der Waals surface area contributed by atoms with E-state index in [9.17, 15) is 14.4 Å². The number of benzene rings is 1. The van der Waals surface area contributed by atoms with E-state index in [2.05, 4.69) is 0 Å². The van der Waals surface area contributed by atoms with Gasteiger partial charge in [0.15, 0.2) is 0 Å². The molecule has 0 bridgehead atoms. The van der Waals surface area contributed by atoms with E-state index in [0.717, 1.165) is 36.1 Å². The van der Waals surface area contributed by atoms with Gasteiger partial charge in [0.1, 0.15) is 12.4 Å². The van der Waals surface area contributed by atoms with Crippen LogP contribution in [0.5, 0.6) is 5.75 Å². The molecular formula is C19H24N2O4. The highest BCUT2D eigenvalue weighted by atomic mass is 16.5. The summed E-state index contributed by atoms with van der Waals surface area (Å²) in [6.45, 7) is 4.27. The van der Waals surface area contributed by atoms with Gasteiger partial charge in [-0.2, -0.15) is 0 Å². The molecule has 2 aliphatic rings. The smallest absolute Gasteiger partial charge is 0.334 e. The first-order valence-electron chi connectivity index (χ1n) is 8.87. The molecule has 1 saturated heterocycles. The van der Waals surface area contributed by atoms with Crippen LogP contribution in [0.3, 0.4) is 0 Å². The average Bonchev–Trinajstić information content (AvgIpc) is 2.81. The molecule has 3 rings (SSSR count). The minimum Gasteiger partial charge on any atom is -0.492 e. The van der Waals surface area contributed by atoms with Crippen LogP contribution in [-0.2, 0) is 9.59 Å². The molecule has 6 heteroatoms. The van der Waals surface area contributed by atoms with Crippen LogP contribution < -0.4 is 4.74 Å². The molecule has 1 aromatic carbocycles. The normalized spacial score (nSPS) is 24.2. The first-order valence-corrected chi connectivity index (χ1v) is 8.87. The van der Waals surface area contributed by atoms with Crippen LogP contribution in [0.1, 0.15) is 38.2 Å². The van der Waals surface area contributed by atoms with Crippen LogP contribution in [0.25, 0.3) is 0 Å². The van der Waals surface area contributed by atoms with Crippen molar-refractivity contribution in [1.29, 1.82) is 0 Å². The molecule has 0 spiro atoms. The number of rotatable bonds is 5. The highest BCUT2D eigenvalue weighted by molar-refractivity contribution is 6.44. The van der Waals surface area contributed by atoms with Gasteiger partial charge in [-0.15, -0.1) is 0 Å². The summed E-state index contributed by atoms with van der Waals surface area (Å²) in [5.74, 6) is -0.527. The van der Waals surface area contributed by atoms with Gasteiger partial charge in [0.25, 0.3) is 0 Å². The maximum atomic E-state index is 12.6. The number of aryl methyl sites for hydroxylation is 1. The summed E-state index contributed by atoms with van der Waals surface area (Å²) in [4.78, 5) is 39.3. The lowest BCUT2D eigenvalue weighted by Gasteiger charge is -2.34. The van der Waals surface area contributed by atoms with Crippen LogP contribution in [0.4, 0.5) is 4.79 Å². The molecule has 2 fully saturated rings. The Kier molecular flexibility index (Phi) is 5.06. The van der Waals surface area contributed by atoms with Gasteiger partial charge in [-0.1, -0.05) is 37.5 Å². The van der Waals surface area contributed by atoms with Gasteiger partial charge in [0, 0.05) is 6.04 Å². The van der Waals surface area contributed by atoms with E-state index in [-0.39, 0.29) is 25.1 Å². The van der Waals surface area contributed by atoms with Gasteiger partial charge >= 0.3 is 17.8 Å². The molecule has 0 radical (unpaired) electrons. The molecule has 1 saturated carbocycles. The number of nitrogens with zero attached hydrogens (tertiary/aromatic N) is 2. The number of hydrogen-bond donors (Lipinski definition) is 0. The predicted molar refractivity (Wildman–Crippen MR) is 92.0 cm³/mol. The van der Waals surface area contributed by atoms with E-state index >= 15 is 0 Å². The molecule has 2 atom stereocenters. The van der Waals surface area contributed by atoms with Crippen LogP contribution in [0, 0.1) is 12.8 Å². The zero-order chi connectivity index (χ0) is 18.0. The lowest BCUT2D eigenvalue weighted by Crippen LogP contribution is -2.46. The molecule has 1 aliphatic heterocycles. The Morgan fingerprint density at radius 2 is 1.72 bits per heavy atom. The van der Waals surface area contributed by atoms with Crippen molar-refractivity contribution in [2.75, 3.05) is 13.2 Å². The van der Waals surface area contributed by atoms with E-state index in [4.69, 9.17) is 4.74 Å². The monoisotopic (exact) mass is 344 g/mol. The molecule has 0 aromatic heterocycles. The van der Waals surface area contributed by atoms with Gasteiger partial charge in [-0.3, -0.25) is 19.4 Å². The Balaban J connectivity index is 1.62. The third-order valence-corrected chi connectivity index (χ3v) is 5.09. The van der Waals surface area contributed by atoms with Crippen LogP contribution in [0.15, 0.2) is 24.3 Å². The maximum absolute atomic E-state index is 12.6. The fourth-order valence-corrected chi connectivity index (χ4v) is 3.58. The van der Waals surface area contributed by atoms with E-state index in [1.165, 1.54) is 4.90 Å². The number of carbonyl (C=O) groups excluding carboxylic acids is 3. The summed E-state index contributed by atoms with van der Waals surface area (Å²) in [6.07, 6.45) is 3.85. The minimum absolute atomic E-state index is 0.0783. The Labute approximate surface area is 147 Å². The quantitative estimate of drug-likeness (QED) is 0.608. The first-order chi connectivity index (χ1) is 12.0. The number of ether oxygens (including phenoxy) is 1. The van der Waals surface area contributed by atoms with Crippen molar-refractivity contribution in [1.82, 2.24) is 9.80 Å². The van der Waals surface area contributed by atoms with Crippen LogP contribution >= 0.6 is 0 Å². The second-order valence-corrected chi connectivity index (χ2v) is 6.91. The van der Waals surface area contributed by atoms with E-state index in [1.54, 1.807) is 0 Å².